The summed E-state index contributed by atoms with van der Waals surface area (Å²) in [6, 6.07) is 14.2. The van der Waals surface area contributed by atoms with Crippen LogP contribution in [0.2, 0.25) is 0 Å². The van der Waals surface area contributed by atoms with Gasteiger partial charge in [-0.3, -0.25) is 0 Å². The van der Waals surface area contributed by atoms with Crippen molar-refractivity contribution in [2.45, 2.75) is 39.1 Å². The van der Waals surface area contributed by atoms with Crippen LogP contribution in [0.15, 0.2) is 57.7 Å². The predicted molar refractivity (Wildman–Crippen MR) is 103 cm³/mol. The molecule has 1 aromatic heterocycles. The summed E-state index contributed by atoms with van der Waals surface area (Å²) in [5, 5.41) is 0.740. The molecule has 0 fully saturated rings. The molecule has 0 spiro atoms. The van der Waals surface area contributed by atoms with Gasteiger partial charge in [-0.15, -0.1) is 0 Å². The summed E-state index contributed by atoms with van der Waals surface area (Å²) >= 11 is 0. The number of hydrogen-bond acceptors (Lipinski definition) is 6. The smallest absolute Gasteiger partial charge is 0.351 e. The van der Waals surface area contributed by atoms with Crippen molar-refractivity contribution < 1.29 is 23.4 Å². The summed E-state index contributed by atoms with van der Waals surface area (Å²) in [7, 11) is 0. The molecule has 0 aliphatic carbocycles. The van der Waals surface area contributed by atoms with Gasteiger partial charge in [0.2, 0.25) is 6.10 Å². The van der Waals surface area contributed by atoms with Crippen molar-refractivity contribution in [2.75, 3.05) is 0 Å². The highest BCUT2D eigenvalue weighted by molar-refractivity contribution is 5.81. The van der Waals surface area contributed by atoms with Crippen LogP contribution < -0.4 is 15.1 Å². The van der Waals surface area contributed by atoms with E-state index in [0.29, 0.717) is 22.6 Å². The molecule has 1 aliphatic heterocycles. The van der Waals surface area contributed by atoms with Crippen LogP contribution in [-0.4, -0.2) is 18.2 Å². The number of ether oxygens (including phenoxy) is 3. The Morgan fingerprint density at radius 2 is 1.82 bits per heavy atom. The molecule has 144 valence electrons. The topological polar surface area (TPSA) is 75.0 Å². The minimum Gasteiger partial charge on any atom is -0.482 e. The van der Waals surface area contributed by atoms with Crippen LogP contribution in [0, 0.1) is 0 Å². The molecule has 3 aromatic rings. The Labute approximate surface area is 161 Å². The molecule has 6 nitrogen and oxygen atoms in total. The molecule has 0 radical (unpaired) electrons. The van der Waals surface area contributed by atoms with Gasteiger partial charge in [0.15, 0.2) is 11.5 Å². The molecule has 28 heavy (non-hydrogen) atoms. The molecule has 0 saturated heterocycles. The molecule has 0 N–H and O–H groups in total. The quantitative estimate of drug-likeness (QED) is 0.508. The third-order valence-corrected chi connectivity index (χ3v) is 4.75. The first kappa shape index (κ1) is 18.1. The first-order valence-corrected chi connectivity index (χ1v) is 9.20. The Hall–Kier alpha value is -3.28. The second kappa shape index (κ2) is 7.38. The van der Waals surface area contributed by atoms with E-state index >= 15 is 0 Å². The van der Waals surface area contributed by atoms with Crippen molar-refractivity contribution in [1.82, 2.24) is 0 Å². The van der Waals surface area contributed by atoms with Gasteiger partial charge in [-0.1, -0.05) is 31.2 Å². The normalized spacial score (nSPS) is 18.1. The second-order valence-electron chi connectivity index (χ2n) is 6.69. The Bertz CT molecular complexity index is 1080. The summed E-state index contributed by atoms with van der Waals surface area (Å²) in [4.78, 5) is 24.5. The number of esters is 1. The summed E-state index contributed by atoms with van der Waals surface area (Å²) in [5.41, 5.74) is 1.65. The molecule has 0 saturated carbocycles. The number of rotatable bonds is 4. The van der Waals surface area contributed by atoms with E-state index in [1.807, 2.05) is 31.2 Å². The lowest BCUT2D eigenvalue weighted by molar-refractivity contribution is -0.159. The molecule has 2 atom stereocenters. The molecule has 4 rings (SSSR count). The average molecular weight is 380 g/mol. The SMILES string of the molecule is CCc1ccc2c(COC(=O)[C@@H]3Oc4ccccc4O[C@@H]3C)cc(=O)oc2c1. The van der Waals surface area contributed by atoms with Gasteiger partial charge >= 0.3 is 11.6 Å². The first-order valence-electron chi connectivity index (χ1n) is 9.20. The third kappa shape index (κ3) is 3.45. The molecule has 2 aromatic carbocycles. The number of benzene rings is 2. The molecule has 0 bridgehead atoms. The van der Waals surface area contributed by atoms with Gasteiger partial charge in [0.1, 0.15) is 18.3 Å². The zero-order chi connectivity index (χ0) is 19.7. The van der Waals surface area contributed by atoms with Crippen LogP contribution in [0.4, 0.5) is 0 Å². The van der Waals surface area contributed by atoms with Crippen LogP contribution >= 0.6 is 0 Å². The Morgan fingerprint density at radius 1 is 1.07 bits per heavy atom. The van der Waals surface area contributed by atoms with Gasteiger partial charge in [-0.25, -0.2) is 9.59 Å². The van der Waals surface area contributed by atoms with Crippen LogP contribution in [0.5, 0.6) is 11.5 Å². The number of para-hydroxylation sites is 2. The van der Waals surface area contributed by atoms with Crippen LogP contribution in [0.3, 0.4) is 0 Å². The number of carbonyl (C=O) groups is 1. The van der Waals surface area contributed by atoms with Gasteiger partial charge in [0.05, 0.1) is 0 Å². The van der Waals surface area contributed by atoms with E-state index in [9.17, 15) is 9.59 Å². The Kier molecular flexibility index (Phi) is 4.77. The van der Waals surface area contributed by atoms with E-state index in [4.69, 9.17) is 18.6 Å². The molecule has 0 unspecified atom stereocenters. The average Bonchev–Trinajstić information content (AvgIpc) is 2.70. The maximum absolute atomic E-state index is 12.6. The molecule has 6 heteroatoms. The Morgan fingerprint density at radius 3 is 2.57 bits per heavy atom. The lowest BCUT2D eigenvalue weighted by Crippen LogP contribution is -2.44. The fourth-order valence-electron chi connectivity index (χ4n) is 3.22. The Balaban J connectivity index is 1.53. The van der Waals surface area contributed by atoms with Crippen molar-refractivity contribution in [3.63, 3.8) is 0 Å². The van der Waals surface area contributed by atoms with E-state index in [-0.39, 0.29) is 6.61 Å². The number of aryl methyl sites for hydroxylation is 1. The highest BCUT2D eigenvalue weighted by Gasteiger charge is 2.35. The molecule has 1 aliphatic rings. The summed E-state index contributed by atoms with van der Waals surface area (Å²) in [6.07, 6.45) is -0.544. The maximum atomic E-state index is 12.6. The molecular weight excluding hydrogens is 360 g/mol. The number of fused-ring (bicyclic) bond motifs is 2. The van der Waals surface area contributed by atoms with E-state index in [2.05, 4.69) is 0 Å². The zero-order valence-corrected chi connectivity index (χ0v) is 15.6. The van der Waals surface area contributed by atoms with Crippen molar-refractivity contribution in [3.05, 3.63) is 70.1 Å². The highest BCUT2D eigenvalue weighted by Crippen LogP contribution is 2.33. The monoisotopic (exact) mass is 380 g/mol. The van der Waals surface area contributed by atoms with Crippen molar-refractivity contribution in [1.29, 1.82) is 0 Å². The van der Waals surface area contributed by atoms with Gasteiger partial charge in [0, 0.05) is 17.0 Å². The van der Waals surface area contributed by atoms with E-state index in [0.717, 1.165) is 17.4 Å². The first-order chi connectivity index (χ1) is 13.5. The number of hydrogen-bond donors (Lipinski definition) is 0. The van der Waals surface area contributed by atoms with Crippen molar-refractivity contribution in [2.24, 2.45) is 0 Å². The second-order valence-corrected chi connectivity index (χ2v) is 6.69. The lowest BCUT2D eigenvalue weighted by Gasteiger charge is -2.30. The van der Waals surface area contributed by atoms with E-state index < -0.39 is 23.8 Å². The third-order valence-electron chi connectivity index (χ3n) is 4.75. The van der Waals surface area contributed by atoms with E-state index in [1.165, 1.54) is 6.07 Å². The minimum atomic E-state index is -0.882. The standard InChI is InChI=1S/C22H20O6/c1-3-14-8-9-16-15(11-20(23)27-19(16)10-14)12-25-22(24)21-13(2)26-17-6-4-5-7-18(17)28-21/h4-11,13,21H,3,12H2,1-2H3/t13-,21-/m1/s1. The molecular formula is C22H20O6. The summed E-state index contributed by atoms with van der Waals surface area (Å²) in [5.74, 6) is 0.548. The van der Waals surface area contributed by atoms with Crippen molar-refractivity contribution in [3.8, 4) is 11.5 Å². The molecule has 0 amide bonds. The summed E-state index contributed by atoms with van der Waals surface area (Å²) in [6.45, 7) is 3.72. The minimum absolute atomic E-state index is 0.0549. The van der Waals surface area contributed by atoms with Crippen molar-refractivity contribution >= 4 is 16.9 Å². The van der Waals surface area contributed by atoms with Gasteiger partial charge in [0.25, 0.3) is 0 Å². The lowest BCUT2D eigenvalue weighted by atomic mass is 10.1. The van der Waals surface area contributed by atoms with Gasteiger partial charge in [-0.05, 0) is 37.1 Å². The number of carbonyl (C=O) groups excluding carboxylic acids is 1. The summed E-state index contributed by atoms with van der Waals surface area (Å²) < 4.78 is 22.2. The maximum Gasteiger partial charge on any atom is 0.351 e. The van der Waals surface area contributed by atoms with Gasteiger partial charge < -0.3 is 18.6 Å². The van der Waals surface area contributed by atoms with Crippen LogP contribution in [-0.2, 0) is 22.6 Å². The largest absolute Gasteiger partial charge is 0.482 e. The zero-order valence-electron chi connectivity index (χ0n) is 15.6. The van der Waals surface area contributed by atoms with E-state index in [1.54, 1.807) is 25.1 Å². The fraction of sp³-hybridized carbons (Fsp3) is 0.273. The fourth-order valence-corrected chi connectivity index (χ4v) is 3.22. The van der Waals surface area contributed by atoms with Crippen LogP contribution in [0.1, 0.15) is 25.0 Å². The highest BCUT2D eigenvalue weighted by atomic mass is 16.6. The van der Waals surface area contributed by atoms with Crippen LogP contribution in [0.25, 0.3) is 11.0 Å². The van der Waals surface area contributed by atoms with Gasteiger partial charge in [-0.2, -0.15) is 0 Å². The molecule has 2 heterocycles. The predicted octanol–water partition coefficient (Wildman–Crippen LogP) is 3.63.